The van der Waals surface area contributed by atoms with E-state index in [1.165, 1.54) is 22.3 Å². The van der Waals surface area contributed by atoms with Crippen molar-refractivity contribution in [1.29, 1.82) is 0 Å². The van der Waals surface area contributed by atoms with Crippen LogP contribution >= 0.6 is 0 Å². The summed E-state index contributed by atoms with van der Waals surface area (Å²) < 4.78 is 5.28. The predicted octanol–water partition coefficient (Wildman–Crippen LogP) is 3.39. The highest BCUT2D eigenvalue weighted by molar-refractivity contribution is 5.92. The zero-order valence-electron chi connectivity index (χ0n) is 11.0. The SMILES string of the molecule is COc1ccc2c(c1)CCC1=C2CCC(=O)C1C. The molecule has 0 heterocycles. The van der Waals surface area contributed by atoms with Crippen LogP contribution in [0.5, 0.6) is 5.75 Å². The van der Waals surface area contributed by atoms with Crippen LogP contribution in [0.2, 0.25) is 0 Å². The molecule has 0 N–H and O–H groups in total. The Morgan fingerprint density at radius 2 is 2.00 bits per heavy atom. The molecule has 3 rings (SSSR count). The number of rotatable bonds is 1. The van der Waals surface area contributed by atoms with Gasteiger partial charge in [-0.1, -0.05) is 18.6 Å². The summed E-state index contributed by atoms with van der Waals surface area (Å²) >= 11 is 0. The van der Waals surface area contributed by atoms with Crippen molar-refractivity contribution in [3.8, 4) is 5.75 Å². The first-order chi connectivity index (χ1) is 8.70. The normalized spacial score (nSPS) is 22.6. The Labute approximate surface area is 108 Å². The Morgan fingerprint density at radius 3 is 2.78 bits per heavy atom. The van der Waals surface area contributed by atoms with Crippen LogP contribution in [0.3, 0.4) is 0 Å². The minimum Gasteiger partial charge on any atom is -0.497 e. The molecule has 0 aromatic heterocycles. The molecule has 0 aliphatic heterocycles. The third-order valence-electron chi connectivity index (χ3n) is 4.32. The van der Waals surface area contributed by atoms with E-state index >= 15 is 0 Å². The second-order valence-electron chi connectivity index (χ2n) is 5.21. The second-order valence-corrected chi connectivity index (χ2v) is 5.21. The van der Waals surface area contributed by atoms with Gasteiger partial charge in [0, 0.05) is 12.3 Å². The summed E-state index contributed by atoms with van der Waals surface area (Å²) in [5.41, 5.74) is 5.51. The van der Waals surface area contributed by atoms with Crippen LogP contribution in [-0.4, -0.2) is 12.9 Å². The van der Waals surface area contributed by atoms with Crippen LogP contribution < -0.4 is 4.74 Å². The molecule has 2 nitrogen and oxygen atoms in total. The summed E-state index contributed by atoms with van der Waals surface area (Å²) in [7, 11) is 1.70. The first kappa shape index (κ1) is 11.5. The fourth-order valence-corrected chi connectivity index (χ4v) is 3.22. The third kappa shape index (κ3) is 1.67. The molecule has 2 aliphatic carbocycles. The molecule has 0 bridgehead atoms. The maximum absolute atomic E-state index is 11.8. The molecule has 18 heavy (non-hydrogen) atoms. The minimum atomic E-state index is 0.129. The minimum absolute atomic E-state index is 0.129. The summed E-state index contributed by atoms with van der Waals surface area (Å²) in [4.78, 5) is 11.8. The van der Waals surface area contributed by atoms with Gasteiger partial charge in [-0.3, -0.25) is 4.79 Å². The van der Waals surface area contributed by atoms with Crippen LogP contribution in [0.1, 0.15) is 37.3 Å². The van der Waals surface area contributed by atoms with Crippen molar-refractivity contribution in [2.75, 3.05) is 7.11 Å². The van der Waals surface area contributed by atoms with Gasteiger partial charge in [-0.15, -0.1) is 0 Å². The molecule has 0 saturated heterocycles. The van der Waals surface area contributed by atoms with Crippen LogP contribution in [-0.2, 0) is 11.2 Å². The van der Waals surface area contributed by atoms with Gasteiger partial charge >= 0.3 is 0 Å². The fourth-order valence-electron chi connectivity index (χ4n) is 3.22. The lowest BCUT2D eigenvalue weighted by Crippen LogP contribution is -2.22. The van der Waals surface area contributed by atoms with E-state index in [9.17, 15) is 4.79 Å². The van der Waals surface area contributed by atoms with Crippen molar-refractivity contribution in [1.82, 2.24) is 0 Å². The molecule has 0 spiro atoms. The zero-order valence-corrected chi connectivity index (χ0v) is 11.0. The average Bonchev–Trinajstić information content (AvgIpc) is 2.41. The fraction of sp³-hybridized carbons (Fsp3) is 0.438. The summed E-state index contributed by atoms with van der Waals surface area (Å²) in [6.07, 6.45) is 3.68. The van der Waals surface area contributed by atoms with Crippen molar-refractivity contribution in [2.24, 2.45) is 5.92 Å². The first-order valence-electron chi connectivity index (χ1n) is 6.62. The number of hydrogen-bond donors (Lipinski definition) is 0. The molecule has 1 atom stereocenters. The van der Waals surface area contributed by atoms with Gasteiger partial charge in [-0.2, -0.15) is 0 Å². The third-order valence-corrected chi connectivity index (χ3v) is 4.32. The maximum atomic E-state index is 11.8. The van der Waals surface area contributed by atoms with Gasteiger partial charge in [0.25, 0.3) is 0 Å². The van der Waals surface area contributed by atoms with E-state index in [1.54, 1.807) is 7.11 Å². The van der Waals surface area contributed by atoms with Gasteiger partial charge in [-0.05, 0) is 48.1 Å². The zero-order chi connectivity index (χ0) is 12.7. The number of ether oxygens (including phenoxy) is 1. The molecule has 1 unspecified atom stereocenters. The number of ketones is 1. The Hall–Kier alpha value is -1.57. The number of hydrogen-bond acceptors (Lipinski definition) is 2. The van der Waals surface area contributed by atoms with Crippen molar-refractivity contribution in [2.45, 2.75) is 32.6 Å². The van der Waals surface area contributed by atoms with E-state index in [-0.39, 0.29) is 5.92 Å². The molecule has 0 saturated carbocycles. The number of carbonyl (C=O) groups is 1. The highest BCUT2D eigenvalue weighted by atomic mass is 16.5. The highest BCUT2D eigenvalue weighted by Crippen LogP contribution is 2.42. The first-order valence-corrected chi connectivity index (χ1v) is 6.62. The molecule has 2 aliphatic rings. The Bertz CT molecular complexity index is 540. The van der Waals surface area contributed by atoms with Gasteiger partial charge in [-0.25, -0.2) is 0 Å². The van der Waals surface area contributed by atoms with Gasteiger partial charge in [0.15, 0.2) is 0 Å². The molecule has 1 aromatic rings. The summed E-state index contributed by atoms with van der Waals surface area (Å²) in [5, 5.41) is 0. The smallest absolute Gasteiger partial charge is 0.140 e. The lowest BCUT2D eigenvalue weighted by atomic mass is 9.73. The van der Waals surface area contributed by atoms with Crippen LogP contribution in [0.25, 0.3) is 5.57 Å². The summed E-state index contributed by atoms with van der Waals surface area (Å²) in [6, 6.07) is 6.32. The van der Waals surface area contributed by atoms with Crippen LogP contribution in [0.15, 0.2) is 23.8 Å². The van der Waals surface area contributed by atoms with E-state index in [1.807, 2.05) is 6.07 Å². The molecule has 94 valence electrons. The Balaban J connectivity index is 2.09. The van der Waals surface area contributed by atoms with Crippen molar-refractivity contribution in [3.63, 3.8) is 0 Å². The number of allylic oxidation sites excluding steroid dienone is 2. The van der Waals surface area contributed by atoms with E-state index in [4.69, 9.17) is 4.74 Å². The summed E-state index contributed by atoms with van der Waals surface area (Å²) in [6.45, 7) is 2.06. The van der Waals surface area contributed by atoms with Gasteiger partial charge in [0.1, 0.15) is 11.5 Å². The standard InChI is InChI=1S/C16H18O2/c1-10-13-5-3-11-9-12(18-2)4-6-14(11)15(13)7-8-16(10)17/h4,6,9-10H,3,5,7-8H2,1-2H3. The molecular weight excluding hydrogens is 224 g/mol. The number of Topliss-reactive ketones (excluding diaryl/α,β-unsaturated/α-hetero) is 1. The van der Waals surface area contributed by atoms with Crippen LogP contribution in [0, 0.1) is 5.92 Å². The lowest BCUT2D eigenvalue weighted by molar-refractivity contribution is -0.121. The molecule has 0 radical (unpaired) electrons. The van der Waals surface area contributed by atoms with Gasteiger partial charge in [0.05, 0.1) is 7.11 Å². The molecule has 2 heteroatoms. The van der Waals surface area contributed by atoms with Gasteiger partial charge in [0.2, 0.25) is 0 Å². The Morgan fingerprint density at radius 1 is 1.17 bits per heavy atom. The molecule has 0 amide bonds. The van der Waals surface area contributed by atoms with E-state index in [0.717, 1.165) is 25.0 Å². The quantitative estimate of drug-likeness (QED) is 0.754. The lowest BCUT2D eigenvalue weighted by Gasteiger charge is -2.30. The molecule has 0 fully saturated rings. The van der Waals surface area contributed by atoms with Crippen molar-refractivity contribution >= 4 is 11.4 Å². The highest BCUT2D eigenvalue weighted by Gasteiger charge is 2.30. The number of fused-ring (bicyclic) bond motifs is 2. The monoisotopic (exact) mass is 242 g/mol. The van der Waals surface area contributed by atoms with E-state index < -0.39 is 0 Å². The average molecular weight is 242 g/mol. The maximum Gasteiger partial charge on any atom is 0.140 e. The largest absolute Gasteiger partial charge is 0.497 e. The Kier molecular flexibility index (Phi) is 2.73. The van der Waals surface area contributed by atoms with Crippen LogP contribution in [0.4, 0.5) is 0 Å². The summed E-state index contributed by atoms with van der Waals surface area (Å²) in [5.74, 6) is 1.47. The topological polar surface area (TPSA) is 26.3 Å². The van der Waals surface area contributed by atoms with Crippen molar-refractivity contribution in [3.05, 3.63) is 34.9 Å². The number of methoxy groups -OCH3 is 1. The number of carbonyl (C=O) groups excluding carboxylic acids is 1. The van der Waals surface area contributed by atoms with E-state index in [0.29, 0.717) is 12.2 Å². The van der Waals surface area contributed by atoms with E-state index in [2.05, 4.69) is 19.1 Å². The number of benzene rings is 1. The van der Waals surface area contributed by atoms with Gasteiger partial charge < -0.3 is 4.74 Å². The van der Waals surface area contributed by atoms with Crippen molar-refractivity contribution < 1.29 is 9.53 Å². The number of aryl methyl sites for hydroxylation is 1. The molecular formula is C16H18O2. The molecule has 1 aromatic carbocycles. The second kappa shape index (κ2) is 4.27. The predicted molar refractivity (Wildman–Crippen MR) is 71.6 cm³/mol.